The summed E-state index contributed by atoms with van der Waals surface area (Å²) in [5.74, 6) is -1.08. The second-order valence-electron chi connectivity index (χ2n) is 8.00. The van der Waals surface area contributed by atoms with Crippen LogP contribution in [0.25, 0.3) is 0 Å². The predicted octanol–water partition coefficient (Wildman–Crippen LogP) is 4.79. The maximum absolute atomic E-state index is 13.2. The highest BCUT2D eigenvalue weighted by Crippen LogP contribution is 2.37. The van der Waals surface area contributed by atoms with Gasteiger partial charge in [-0.1, -0.05) is 38.1 Å². The lowest BCUT2D eigenvalue weighted by Crippen LogP contribution is -2.36. The lowest BCUT2D eigenvalue weighted by molar-refractivity contribution is -0.137. The van der Waals surface area contributed by atoms with Gasteiger partial charge in [0.1, 0.15) is 0 Å². The Bertz CT molecular complexity index is 881. The number of halogens is 3. The maximum Gasteiger partial charge on any atom is 0.416 e. The van der Waals surface area contributed by atoms with E-state index in [0.717, 1.165) is 18.6 Å². The lowest BCUT2D eigenvalue weighted by Gasteiger charge is -2.19. The minimum absolute atomic E-state index is 0.186. The Kier molecular flexibility index (Phi) is 6.85. The number of likely N-dealkylation sites (tertiary alicyclic amines) is 1. The molecular weight excluding hydrogens is 413 g/mol. The number of amides is 2. The van der Waals surface area contributed by atoms with E-state index in [-0.39, 0.29) is 24.9 Å². The number of rotatable bonds is 6. The van der Waals surface area contributed by atoms with Gasteiger partial charge in [0.25, 0.3) is 5.91 Å². The highest BCUT2D eigenvalue weighted by molar-refractivity contribution is 7.12. The number of carbonyl (C=O) groups is 2. The van der Waals surface area contributed by atoms with Crippen LogP contribution in [0, 0.1) is 11.8 Å². The third-order valence-corrected chi connectivity index (χ3v) is 6.20. The highest BCUT2D eigenvalue weighted by atomic mass is 32.1. The molecule has 2 heterocycles. The molecule has 4 nitrogen and oxygen atoms in total. The van der Waals surface area contributed by atoms with Gasteiger partial charge in [-0.05, 0) is 35.4 Å². The normalized spacial score (nSPS) is 19.3. The number of nitrogens with one attached hydrogen (secondary N) is 1. The summed E-state index contributed by atoms with van der Waals surface area (Å²) >= 11 is 1.31. The molecule has 2 unspecified atom stereocenters. The van der Waals surface area contributed by atoms with E-state index in [2.05, 4.69) is 19.2 Å². The first-order valence-corrected chi connectivity index (χ1v) is 10.8. The van der Waals surface area contributed by atoms with Crippen LogP contribution < -0.4 is 5.32 Å². The molecule has 1 aliphatic rings. The molecule has 0 radical (unpaired) electrons. The Morgan fingerprint density at radius 1 is 1.20 bits per heavy atom. The first kappa shape index (κ1) is 22.3. The smallest absolute Gasteiger partial charge is 0.356 e. The third kappa shape index (κ3) is 5.22. The third-order valence-electron chi connectivity index (χ3n) is 5.34. The van der Waals surface area contributed by atoms with Crippen molar-refractivity contribution in [1.82, 2.24) is 10.2 Å². The fourth-order valence-electron chi connectivity index (χ4n) is 3.69. The summed E-state index contributed by atoms with van der Waals surface area (Å²) < 4.78 is 39.6. The average molecular weight is 439 g/mol. The van der Waals surface area contributed by atoms with E-state index in [1.807, 2.05) is 0 Å². The van der Waals surface area contributed by atoms with E-state index in [1.165, 1.54) is 17.4 Å². The number of benzene rings is 1. The molecule has 1 fully saturated rings. The summed E-state index contributed by atoms with van der Waals surface area (Å²) in [5.41, 5.74) is -0.322. The molecule has 1 saturated heterocycles. The quantitative estimate of drug-likeness (QED) is 0.705. The van der Waals surface area contributed by atoms with Crippen molar-refractivity contribution in [3.8, 4) is 0 Å². The molecule has 2 aromatic rings. The summed E-state index contributed by atoms with van der Waals surface area (Å²) in [7, 11) is 0. The van der Waals surface area contributed by atoms with Gasteiger partial charge in [0.15, 0.2) is 0 Å². The van der Waals surface area contributed by atoms with E-state index >= 15 is 0 Å². The molecule has 3 rings (SSSR count). The molecule has 30 heavy (non-hydrogen) atoms. The van der Waals surface area contributed by atoms with Crippen molar-refractivity contribution in [2.75, 3.05) is 19.6 Å². The highest BCUT2D eigenvalue weighted by Gasteiger charge is 2.41. The predicted molar refractivity (Wildman–Crippen MR) is 110 cm³/mol. The average Bonchev–Trinajstić information content (AvgIpc) is 3.37. The number of nitrogens with zero attached hydrogens (tertiary/aromatic N) is 1. The van der Waals surface area contributed by atoms with Crippen molar-refractivity contribution in [3.05, 3.63) is 57.8 Å². The van der Waals surface area contributed by atoms with Crippen LogP contribution >= 0.6 is 11.3 Å². The van der Waals surface area contributed by atoms with Gasteiger partial charge in [-0.25, -0.2) is 0 Å². The number of alkyl halides is 3. The van der Waals surface area contributed by atoms with Gasteiger partial charge in [0, 0.05) is 25.6 Å². The molecule has 1 N–H and O–H groups in total. The second kappa shape index (κ2) is 9.20. The number of carbonyl (C=O) groups excluding carboxylic acids is 2. The summed E-state index contributed by atoms with van der Waals surface area (Å²) in [5, 5.41) is 4.69. The SMILES string of the molecule is CC(C)CCNC(=O)C1CN(C(=O)c2cccs2)CC1c1cccc(C(F)(F)F)c1. The molecule has 8 heteroatoms. The molecule has 0 saturated carbocycles. The van der Waals surface area contributed by atoms with Crippen LogP contribution in [0.5, 0.6) is 0 Å². The van der Waals surface area contributed by atoms with E-state index in [9.17, 15) is 22.8 Å². The van der Waals surface area contributed by atoms with E-state index in [0.29, 0.717) is 22.9 Å². The van der Waals surface area contributed by atoms with Crippen LogP contribution in [0.4, 0.5) is 13.2 Å². The zero-order chi connectivity index (χ0) is 21.9. The zero-order valence-electron chi connectivity index (χ0n) is 16.9. The molecule has 2 atom stereocenters. The number of hydrogen-bond donors (Lipinski definition) is 1. The van der Waals surface area contributed by atoms with E-state index in [1.54, 1.807) is 28.5 Å². The Hall–Kier alpha value is -2.35. The van der Waals surface area contributed by atoms with Crippen LogP contribution in [0.15, 0.2) is 41.8 Å². The van der Waals surface area contributed by atoms with Crippen molar-refractivity contribution >= 4 is 23.2 Å². The standard InChI is InChI=1S/C22H25F3N2O2S/c1-14(2)8-9-26-20(28)18-13-27(21(29)19-7-4-10-30-19)12-17(18)15-5-3-6-16(11-15)22(23,24)25/h3-7,10-11,14,17-18H,8-9,12-13H2,1-2H3,(H,26,28). The molecule has 2 amide bonds. The molecular formula is C22H25F3N2O2S. The molecule has 1 aliphatic heterocycles. The van der Waals surface area contributed by atoms with Gasteiger partial charge in [0.2, 0.25) is 5.91 Å². The fraction of sp³-hybridized carbons (Fsp3) is 0.455. The molecule has 0 bridgehead atoms. The van der Waals surface area contributed by atoms with Crippen molar-refractivity contribution < 1.29 is 22.8 Å². The van der Waals surface area contributed by atoms with Crippen molar-refractivity contribution in [2.24, 2.45) is 11.8 Å². The van der Waals surface area contributed by atoms with Crippen LogP contribution in [-0.4, -0.2) is 36.3 Å². The minimum atomic E-state index is -4.46. The number of thiophene rings is 1. The van der Waals surface area contributed by atoms with E-state index < -0.39 is 23.6 Å². The zero-order valence-corrected chi connectivity index (χ0v) is 17.7. The Balaban J connectivity index is 1.85. The van der Waals surface area contributed by atoms with Gasteiger partial charge < -0.3 is 10.2 Å². The second-order valence-corrected chi connectivity index (χ2v) is 8.94. The first-order chi connectivity index (χ1) is 14.2. The Morgan fingerprint density at radius 3 is 2.60 bits per heavy atom. The summed E-state index contributed by atoms with van der Waals surface area (Å²) in [6, 6.07) is 8.56. The monoisotopic (exact) mass is 438 g/mol. The maximum atomic E-state index is 13.2. The first-order valence-electron chi connectivity index (χ1n) is 9.94. The Morgan fingerprint density at radius 2 is 1.97 bits per heavy atom. The van der Waals surface area contributed by atoms with Crippen molar-refractivity contribution in [1.29, 1.82) is 0 Å². The molecule has 1 aromatic carbocycles. The Labute approximate surface area is 178 Å². The van der Waals surface area contributed by atoms with Crippen LogP contribution in [-0.2, 0) is 11.0 Å². The van der Waals surface area contributed by atoms with Crippen LogP contribution in [0.1, 0.15) is 47.0 Å². The fourth-order valence-corrected chi connectivity index (χ4v) is 4.38. The molecule has 0 spiro atoms. The van der Waals surface area contributed by atoms with Gasteiger partial charge in [-0.2, -0.15) is 13.2 Å². The van der Waals surface area contributed by atoms with Crippen LogP contribution in [0.3, 0.4) is 0 Å². The lowest BCUT2D eigenvalue weighted by atomic mass is 9.87. The van der Waals surface area contributed by atoms with Gasteiger partial charge in [-0.15, -0.1) is 11.3 Å². The summed E-state index contributed by atoms with van der Waals surface area (Å²) in [4.78, 5) is 27.8. The minimum Gasteiger partial charge on any atom is -0.356 e. The summed E-state index contributed by atoms with van der Waals surface area (Å²) in [6.45, 7) is 5.00. The number of hydrogen-bond acceptors (Lipinski definition) is 3. The molecule has 162 valence electrons. The van der Waals surface area contributed by atoms with Gasteiger partial charge in [0.05, 0.1) is 16.4 Å². The molecule has 0 aliphatic carbocycles. The van der Waals surface area contributed by atoms with Crippen LogP contribution in [0.2, 0.25) is 0 Å². The van der Waals surface area contributed by atoms with Crippen molar-refractivity contribution in [3.63, 3.8) is 0 Å². The van der Waals surface area contributed by atoms with Gasteiger partial charge >= 0.3 is 6.18 Å². The molecule has 1 aromatic heterocycles. The summed E-state index contributed by atoms with van der Waals surface area (Å²) in [6.07, 6.45) is -3.65. The largest absolute Gasteiger partial charge is 0.416 e. The van der Waals surface area contributed by atoms with Gasteiger partial charge in [-0.3, -0.25) is 9.59 Å². The van der Waals surface area contributed by atoms with E-state index in [4.69, 9.17) is 0 Å². The topological polar surface area (TPSA) is 49.4 Å². The van der Waals surface area contributed by atoms with Crippen molar-refractivity contribution in [2.45, 2.75) is 32.4 Å².